The fraction of sp³-hybridized carbons (Fsp3) is 0.0833. The molecule has 0 heterocycles. The molecule has 0 radical (unpaired) electrons. The second kappa shape index (κ2) is 8.82. The molecule has 4 heteroatoms. The highest BCUT2D eigenvalue weighted by Gasteiger charge is 2.09. The van der Waals surface area contributed by atoms with Crippen molar-refractivity contribution in [1.82, 2.24) is 0 Å². The zero-order chi connectivity index (χ0) is 19.9. The zero-order valence-corrected chi connectivity index (χ0v) is 15.8. The molecule has 0 aliphatic heterocycles. The smallest absolute Gasteiger partial charge is 0.200 e. The molecule has 0 bridgehead atoms. The number of hydrogen-bond donors (Lipinski definition) is 2. The number of methoxy groups -OCH3 is 2. The van der Waals surface area contributed by atoms with E-state index in [9.17, 15) is 10.2 Å². The molecule has 0 atom stereocenters. The van der Waals surface area contributed by atoms with Crippen LogP contribution >= 0.6 is 0 Å². The molecule has 4 nitrogen and oxygen atoms in total. The molecule has 0 spiro atoms. The molecular formula is C24H22O4. The molecule has 0 aromatic heterocycles. The van der Waals surface area contributed by atoms with E-state index >= 15 is 0 Å². The average Bonchev–Trinajstić information content (AvgIpc) is 2.73. The van der Waals surface area contributed by atoms with Gasteiger partial charge in [-0.2, -0.15) is 0 Å². The summed E-state index contributed by atoms with van der Waals surface area (Å²) in [6.07, 6.45) is 7.94. The third-order valence-electron chi connectivity index (χ3n) is 4.27. The Morgan fingerprint density at radius 3 is 1.32 bits per heavy atom. The van der Waals surface area contributed by atoms with Crippen molar-refractivity contribution in [2.75, 3.05) is 14.2 Å². The van der Waals surface area contributed by atoms with Gasteiger partial charge in [0.15, 0.2) is 11.5 Å². The molecule has 0 aliphatic rings. The molecule has 3 aromatic rings. The van der Waals surface area contributed by atoms with Gasteiger partial charge in [0.05, 0.1) is 14.2 Å². The topological polar surface area (TPSA) is 58.9 Å². The maximum absolute atomic E-state index is 9.98. The minimum Gasteiger partial charge on any atom is -0.508 e. The first-order valence-electron chi connectivity index (χ1n) is 8.79. The Kier molecular flexibility index (Phi) is 6.02. The summed E-state index contributed by atoms with van der Waals surface area (Å²) >= 11 is 0. The minimum atomic E-state index is -0.00748. The van der Waals surface area contributed by atoms with Crippen LogP contribution < -0.4 is 9.47 Å². The largest absolute Gasteiger partial charge is 0.508 e. The number of phenolic OH excluding ortho intramolecular Hbond substituents is 2. The lowest BCUT2D eigenvalue weighted by atomic mass is 10.1. The molecule has 3 aromatic carbocycles. The van der Waals surface area contributed by atoms with Crippen LogP contribution in [0.4, 0.5) is 0 Å². The summed E-state index contributed by atoms with van der Waals surface area (Å²) in [5.74, 6) is 0.992. The predicted octanol–water partition coefficient (Wildman–Crippen LogP) is 5.46. The van der Waals surface area contributed by atoms with Crippen molar-refractivity contribution in [3.8, 4) is 23.0 Å². The maximum atomic E-state index is 9.98. The molecular weight excluding hydrogens is 352 g/mol. The van der Waals surface area contributed by atoms with Gasteiger partial charge in [0.2, 0.25) is 5.75 Å². The standard InChI is InChI=1S/C24H22O4/c1-27-22-15-20(16-23(28-2)24(22)26)10-9-18-5-3-17(4-6-18)7-8-19-11-13-21(25)14-12-19/h3-16,25-26H,1-2H3/b8-7+,10-9+. The Morgan fingerprint density at radius 2 is 0.929 bits per heavy atom. The zero-order valence-electron chi connectivity index (χ0n) is 15.8. The second-order valence-electron chi connectivity index (χ2n) is 6.20. The molecule has 0 unspecified atom stereocenters. The summed E-state index contributed by atoms with van der Waals surface area (Å²) in [6, 6.07) is 18.7. The number of benzene rings is 3. The normalized spacial score (nSPS) is 11.2. The van der Waals surface area contributed by atoms with Gasteiger partial charge < -0.3 is 19.7 Å². The molecule has 2 N–H and O–H groups in total. The van der Waals surface area contributed by atoms with E-state index in [4.69, 9.17) is 9.47 Å². The van der Waals surface area contributed by atoms with E-state index in [1.165, 1.54) is 14.2 Å². The van der Waals surface area contributed by atoms with E-state index < -0.39 is 0 Å². The van der Waals surface area contributed by atoms with Crippen LogP contribution in [0.15, 0.2) is 60.7 Å². The third kappa shape index (κ3) is 4.74. The fourth-order valence-corrected chi connectivity index (χ4v) is 2.70. The van der Waals surface area contributed by atoms with E-state index in [2.05, 4.69) is 0 Å². The Morgan fingerprint density at radius 1 is 0.571 bits per heavy atom. The summed E-state index contributed by atoms with van der Waals surface area (Å²) in [4.78, 5) is 0. The molecule has 0 fully saturated rings. The van der Waals surface area contributed by atoms with Gasteiger partial charge in [0, 0.05) is 0 Å². The van der Waals surface area contributed by atoms with Gasteiger partial charge in [0.1, 0.15) is 5.75 Å². The van der Waals surface area contributed by atoms with E-state index in [1.807, 2.05) is 60.7 Å². The van der Waals surface area contributed by atoms with Crippen molar-refractivity contribution < 1.29 is 19.7 Å². The summed E-state index contributed by atoms with van der Waals surface area (Å²) in [5, 5.41) is 19.3. The Balaban J connectivity index is 1.72. The van der Waals surface area contributed by atoms with Crippen LogP contribution in [0.3, 0.4) is 0 Å². The Hall–Kier alpha value is -3.66. The molecule has 142 valence electrons. The van der Waals surface area contributed by atoms with Crippen LogP contribution in [0.2, 0.25) is 0 Å². The summed E-state index contributed by atoms with van der Waals surface area (Å²) in [5.41, 5.74) is 4.02. The first kappa shape index (κ1) is 19.1. The second-order valence-corrected chi connectivity index (χ2v) is 6.20. The predicted molar refractivity (Wildman–Crippen MR) is 114 cm³/mol. The van der Waals surface area contributed by atoms with Crippen LogP contribution in [-0.4, -0.2) is 24.4 Å². The summed E-state index contributed by atoms with van der Waals surface area (Å²) in [7, 11) is 3.01. The van der Waals surface area contributed by atoms with Crippen molar-refractivity contribution in [2.24, 2.45) is 0 Å². The SMILES string of the molecule is COc1cc(/C=C/c2ccc(/C=C/c3ccc(O)cc3)cc2)cc(OC)c1O. The lowest BCUT2D eigenvalue weighted by molar-refractivity contribution is 0.340. The number of rotatable bonds is 6. The summed E-state index contributed by atoms with van der Waals surface area (Å²) in [6.45, 7) is 0. The highest BCUT2D eigenvalue weighted by atomic mass is 16.5. The molecule has 0 aliphatic carbocycles. The maximum Gasteiger partial charge on any atom is 0.200 e. The van der Waals surface area contributed by atoms with Gasteiger partial charge in [-0.05, 0) is 46.5 Å². The van der Waals surface area contributed by atoms with Gasteiger partial charge in [-0.15, -0.1) is 0 Å². The van der Waals surface area contributed by atoms with Crippen LogP contribution in [0, 0.1) is 0 Å². The van der Waals surface area contributed by atoms with Crippen LogP contribution in [0.1, 0.15) is 22.3 Å². The van der Waals surface area contributed by atoms with E-state index in [1.54, 1.807) is 24.3 Å². The molecule has 0 amide bonds. The molecule has 0 saturated carbocycles. The van der Waals surface area contributed by atoms with Crippen molar-refractivity contribution >= 4 is 24.3 Å². The monoisotopic (exact) mass is 374 g/mol. The van der Waals surface area contributed by atoms with Gasteiger partial charge >= 0.3 is 0 Å². The molecule has 28 heavy (non-hydrogen) atoms. The van der Waals surface area contributed by atoms with E-state index in [0.717, 1.165) is 22.3 Å². The van der Waals surface area contributed by atoms with Crippen molar-refractivity contribution in [3.05, 3.63) is 82.9 Å². The Labute approximate surface area is 164 Å². The van der Waals surface area contributed by atoms with E-state index in [0.29, 0.717) is 11.5 Å². The highest BCUT2D eigenvalue weighted by Crippen LogP contribution is 2.37. The quantitative estimate of drug-likeness (QED) is 0.563. The van der Waals surface area contributed by atoms with Crippen LogP contribution in [0.25, 0.3) is 24.3 Å². The van der Waals surface area contributed by atoms with Crippen molar-refractivity contribution in [2.45, 2.75) is 0 Å². The number of ether oxygens (including phenoxy) is 2. The van der Waals surface area contributed by atoms with Crippen molar-refractivity contribution in [3.63, 3.8) is 0 Å². The van der Waals surface area contributed by atoms with Crippen LogP contribution in [-0.2, 0) is 0 Å². The minimum absolute atomic E-state index is 0.00748. The van der Waals surface area contributed by atoms with Gasteiger partial charge in [-0.25, -0.2) is 0 Å². The average molecular weight is 374 g/mol. The van der Waals surface area contributed by atoms with E-state index in [-0.39, 0.29) is 11.5 Å². The lowest BCUT2D eigenvalue weighted by Crippen LogP contribution is -1.90. The summed E-state index contributed by atoms with van der Waals surface area (Å²) < 4.78 is 10.4. The van der Waals surface area contributed by atoms with Crippen molar-refractivity contribution in [1.29, 1.82) is 0 Å². The first-order valence-corrected chi connectivity index (χ1v) is 8.79. The lowest BCUT2D eigenvalue weighted by Gasteiger charge is -2.09. The van der Waals surface area contributed by atoms with Gasteiger partial charge in [-0.1, -0.05) is 60.7 Å². The number of hydrogen-bond acceptors (Lipinski definition) is 4. The third-order valence-corrected chi connectivity index (χ3v) is 4.27. The fourth-order valence-electron chi connectivity index (χ4n) is 2.70. The van der Waals surface area contributed by atoms with Gasteiger partial charge in [0.25, 0.3) is 0 Å². The molecule has 3 rings (SSSR count). The number of aromatic hydroxyl groups is 2. The first-order chi connectivity index (χ1) is 13.6. The van der Waals surface area contributed by atoms with Gasteiger partial charge in [-0.3, -0.25) is 0 Å². The highest BCUT2D eigenvalue weighted by molar-refractivity contribution is 5.74. The van der Waals surface area contributed by atoms with Crippen LogP contribution in [0.5, 0.6) is 23.0 Å². The number of phenols is 2. The Bertz CT molecular complexity index is 959. The molecule has 0 saturated heterocycles.